The van der Waals surface area contributed by atoms with E-state index in [9.17, 15) is 13.8 Å². The number of halogens is 1. The molecule has 5 rings (SSSR count). The van der Waals surface area contributed by atoms with Crippen LogP contribution in [0.3, 0.4) is 0 Å². The number of aryl methyl sites for hydroxylation is 1. The number of benzene rings is 2. The van der Waals surface area contributed by atoms with Gasteiger partial charge in [-0.3, -0.25) is 14.3 Å². The summed E-state index contributed by atoms with van der Waals surface area (Å²) in [5.41, 5.74) is 3.52. The summed E-state index contributed by atoms with van der Waals surface area (Å²) < 4.78 is 33.2. The molecule has 1 aliphatic carbocycles. The van der Waals surface area contributed by atoms with Crippen molar-refractivity contribution >= 4 is 39.0 Å². The van der Waals surface area contributed by atoms with Crippen molar-refractivity contribution < 1.29 is 23.3 Å². The Kier molecular flexibility index (Phi) is 11.8. The minimum absolute atomic E-state index is 0.0369. The molecule has 2 aromatic rings. The molecule has 11 heteroatoms. The molecular formula is C35H47ClN4O5S. The van der Waals surface area contributed by atoms with Crippen LogP contribution in [0.25, 0.3) is 0 Å². The minimum atomic E-state index is -3.36. The van der Waals surface area contributed by atoms with Crippen LogP contribution in [0.2, 0.25) is 5.02 Å². The predicted octanol–water partition coefficient (Wildman–Crippen LogP) is 6.04. The Bertz CT molecular complexity index is 1550. The minimum Gasteiger partial charge on any atom is -0.491 e. The topological polar surface area (TPSA) is 101 Å². The van der Waals surface area contributed by atoms with Gasteiger partial charge < -0.3 is 19.3 Å². The van der Waals surface area contributed by atoms with Crippen LogP contribution in [0.1, 0.15) is 66.4 Å². The summed E-state index contributed by atoms with van der Waals surface area (Å²) in [6, 6.07) is 11.4. The number of allylic oxidation sites excluding steroid dienone is 1. The van der Waals surface area contributed by atoms with E-state index < -0.39 is 21.7 Å². The van der Waals surface area contributed by atoms with Gasteiger partial charge in [0.15, 0.2) is 0 Å². The molecule has 2 heterocycles. The fourth-order valence-electron chi connectivity index (χ4n) is 6.47. The molecule has 2 aliphatic heterocycles. The van der Waals surface area contributed by atoms with Crippen LogP contribution in [0.5, 0.6) is 5.75 Å². The number of carbonyl (C=O) groups excluding carboxylic acids is 2. The second-order valence-corrected chi connectivity index (χ2v) is 15.4. The third-order valence-electron chi connectivity index (χ3n) is 9.21. The zero-order valence-electron chi connectivity index (χ0n) is 27.2. The summed E-state index contributed by atoms with van der Waals surface area (Å²) in [6.45, 7) is 2.41. The van der Waals surface area contributed by atoms with Gasteiger partial charge in [0.2, 0.25) is 5.91 Å². The van der Waals surface area contributed by atoms with Gasteiger partial charge in [-0.25, -0.2) is 4.21 Å². The molecule has 0 aromatic heterocycles. The second-order valence-electron chi connectivity index (χ2n) is 12.9. The molecule has 4 atom stereocenters. The molecule has 1 unspecified atom stereocenters. The first kappa shape index (κ1) is 34.4. The molecule has 0 spiro atoms. The number of methoxy groups -OCH3 is 1. The first-order valence-electron chi connectivity index (χ1n) is 16.4. The van der Waals surface area contributed by atoms with Gasteiger partial charge in [-0.15, -0.1) is 4.36 Å². The van der Waals surface area contributed by atoms with E-state index in [4.69, 9.17) is 21.1 Å². The average Bonchev–Trinajstić information content (AvgIpc) is 3.03. The molecule has 9 nitrogen and oxygen atoms in total. The molecule has 3 aliphatic rings. The molecule has 250 valence electrons. The summed E-state index contributed by atoms with van der Waals surface area (Å²) in [7, 11) is 2.13. The van der Waals surface area contributed by atoms with Gasteiger partial charge >= 0.3 is 0 Å². The van der Waals surface area contributed by atoms with Crippen molar-refractivity contribution in [2.45, 2.75) is 64.0 Å². The highest BCUT2D eigenvalue weighted by Crippen LogP contribution is 2.42. The van der Waals surface area contributed by atoms with Crippen LogP contribution in [0.4, 0.5) is 5.69 Å². The van der Waals surface area contributed by atoms with E-state index >= 15 is 0 Å². The lowest BCUT2D eigenvalue weighted by Gasteiger charge is -2.43. The summed E-state index contributed by atoms with van der Waals surface area (Å²) >= 11 is 6.44. The number of hydrogen-bond donors (Lipinski definition) is 1. The van der Waals surface area contributed by atoms with Crippen molar-refractivity contribution in [3.8, 4) is 5.75 Å². The molecule has 2 aromatic carbocycles. The quantitative estimate of drug-likeness (QED) is 0.387. The van der Waals surface area contributed by atoms with Gasteiger partial charge in [0, 0.05) is 43.8 Å². The largest absolute Gasteiger partial charge is 0.491 e. The SMILES string of the molecule is CO[C@H]1/C=C/CCCS(=O)(NC(=O)CCN(C)C)=NC(=O)c2ccc3c(c2)N(Cc2ccc(Cl)cc2CCCCO3)C[C@@H]2CC[C@H]21. The fraction of sp³-hybridized carbons (Fsp3) is 0.543. The number of carbonyl (C=O) groups is 2. The summed E-state index contributed by atoms with van der Waals surface area (Å²) in [6.07, 6.45) is 10.3. The highest BCUT2D eigenvalue weighted by atomic mass is 35.5. The highest BCUT2D eigenvalue weighted by Gasteiger charge is 2.38. The maximum absolute atomic E-state index is 14.1. The lowest BCUT2D eigenvalue weighted by atomic mass is 9.70. The Hall–Kier alpha value is -2.92. The predicted molar refractivity (Wildman–Crippen MR) is 184 cm³/mol. The zero-order valence-corrected chi connectivity index (χ0v) is 28.8. The Morgan fingerprint density at radius 2 is 2.00 bits per heavy atom. The van der Waals surface area contributed by atoms with Crippen LogP contribution in [0.15, 0.2) is 52.9 Å². The molecule has 46 heavy (non-hydrogen) atoms. The maximum Gasteiger partial charge on any atom is 0.286 e. The summed E-state index contributed by atoms with van der Waals surface area (Å²) in [5.74, 6) is 0.492. The van der Waals surface area contributed by atoms with Crippen LogP contribution in [0, 0.1) is 11.8 Å². The van der Waals surface area contributed by atoms with Crippen molar-refractivity contribution in [3.05, 3.63) is 70.3 Å². The zero-order chi connectivity index (χ0) is 32.7. The lowest BCUT2D eigenvalue weighted by Crippen LogP contribution is -2.43. The lowest BCUT2D eigenvalue weighted by molar-refractivity contribution is -0.119. The first-order chi connectivity index (χ1) is 22.1. The Balaban J connectivity index is 1.58. The van der Waals surface area contributed by atoms with E-state index in [2.05, 4.69) is 38.3 Å². The average molecular weight is 671 g/mol. The molecule has 0 radical (unpaired) electrons. The number of amides is 2. The van der Waals surface area contributed by atoms with E-state index in [0.29, 0.717) is 55.7 Å². The Morgan fingerprint density at radius 1 is 1.15 bits per heavy atom. The smallest absolute Gasteiger partial charge is 0.286 e. The standard InChI is InChI=1S/C35H47ClN4O5S/c1-39(2)18-17-34(41)37-46(43)20-8-4-5-10-32(44-3)30-15-12-28(30)24-40-23-27-11-14-29(36)21-25(27)9-6-7-19-45-33-16-13-26(22-31(33)40)35(42)38-46/h5,10-11,13-14,16,21-22,28,30,32H,4,6-9,12,15,17-20,23-24H2,1-3H3,(H,37,38,41,42,43)/b10-5+/t28-,30+,32-,46?/m0/s1. The number of nitrogens with zero attached hydrogens (tertiary/aromatic N) is 3. The van der Waals surface area contributed by atoms with Crippen molar-refractivity contribution in [2.75, 3.05) is 51.6 Å². The third kappa shape index (κ3) is 8.91. The van der Waals surface area contributed by atoms with Gasteiger partial charge in [0.1, 0.15) is 15.7 Å². The van der Waals surface area contributed by atoms with Crippen molar-refractivity contribution in [1.82, 2.24) is 9.62 Å². The van der Waals surface area contributed by atoms with Crippen LogP contribution in [-0.2, 0) is 32.4 Å². The van der Waals surface area contributed by atoms with Gasteiger partial charge in [0.25, 0.3) is 5.91 Å². The number of rotatable bonds is 5. The fourth-order valence-corrected chi connectivity index (χ4v) is 8.30. The van der Waals surface area contributed by atoms with Crippen molar-refractivity contribution in [1.29, 1.82) is 0 Å². The summed E-state index contributed by atoms with van der Waals surface area (Å²) in [5, 5.41) is 0.721. The molecule has 1 fully saturated rings. The number of fused-ring (bicyclic) bond motifs is 3. The van der Waals surface area contributed by atoms with Gasteiger partial charge in [-0.1, -0.05) is 29.8 Å². The Labute approximate surface area is 279 Å². The molecule has 2 amide bonds. The van der Waals surface area contributed by atoms with E-state index in [1.54, 1.807) is 13.2 Å². The van der Waals surface area contributed by atoms with Gasteiger partial charge in [-0.05, 0) is 112 Å². The molecule has 1 N–H and O–H groups in total. The first-order valence-corrected chi connectivity index (χ1v) is 18.4. The monoisotopic (exact) mass is 670 g/mol. The van der Waals surface area contributed by atoms with E-state index in [0.717, 1.165) is 49.4 Å². The van der Waals surface area contributed by atoms with E-state index in [1.807, 2.05) is 37.2 Å². The van der Waals surface area contributed by atoms with Crippen molar-refractivity contribution in [3.63, 3.8) is 0 Å². The van der Waals surface area contributed by atoms with E-state index in [1.165, 1.54) is 11.1 Å². The summed E-state index contributed by atoms with van der Waals surface area (Å²) in [4.78, 5) is 30.7. The highest BCUT2D eigenvalue weighted by molar-refractivity contribution is 7.92. The maximum atomic E-state index is 14.1. The normalized spacial score (nSPS) is 26.3. The third-order valence-corrected chi connectivity index (χ3v) is 11.3. The van der Waals surface area contributed by atoms with Crippen molar-refractivity contribution in [2.24, 2.45) is 16.2 Å². The Morgan fingerprint density at radius 3 is 2.76 bits per heavy atom. The van der Waals surface area contributed by atoms with E-state index in [-0.39, 0.29) is 18.3 Å². The molecular weight excluding hydrogens is 624 g/mol. The van der Waals surface area contributed by atoms with Crippen LogP contribution in [-0.4, -0.2) is 73.7 Å². The van der Waals surface area contributed by atoms with Crippen LogP contribution < -0.4 is 14.4 Å². The van der Waals surface area contributed by atoms with Gasteiger partial charge in [-0.2, -0.15) is 0 Å². The number of ether oxygens (including phenoxy) is 2. The number of nitrogens with one attached hydrogen (secondary N) is 1. The van der Waals surface area contributed by atoms with Crippen LogP contribution >= 0.6 is 11.6 Å². The molecule has 1 saturated carbocycles. The molecule has 0 saturated heterocycles. The molecule has 2 bridgehead atoms. The number of anilines is 1. The second kappa shape index (κ2) is 15.8. The number of hydrogen-bond acceptors (Lipinski definition) is 7. The van der Waals surface area contributed by atoms with Gasteiger partial charge in [0.05, 0.1) is 24.2 Å².